The first-order chi connectivity index (χ1) is 16.9. The van der Waals surface area contributed by atoms with Crippen LogP contribution in [0.3, 0.4) is 0 Å². The summed E-state index contributed by atoms with van der Waals surface area (Å²) in [5.41, 5.74) is -0.594. The molecule has 2 saturated heterocycles. The Balaban J connectivity index is 1.28. The molecule has 0 saturated carbocycles. The monoisotopic (exact) mass is 496 g/mol. The van der Waals surface area contributed by atoms with Crippen molar-refractivity contribution in [3.63, 3.8) is 0 Å². The molecule has 0 aromatic heterocycles. The predicted octanol–water partition coefficient (Wildman–Crippen LogP) is 4.28. The van der Waals surface area contributed by atoms with Gasteiger partial charge in [0.1, 0.15) is 12.2 Å². The van der Waals surface area contributed by atoms with Gasteiger partial charge in [0.05, 0.1) is 12.0 Å². The van der Waals surface area contributed by atoms with Crippen molar-refractivity contribution < 1.29 is 33.4 Å². The number of alkyl halides is 1. The lowest BCUT2D eigenvalue weighted by atomic mass is 9.69. The molecule has 2 aliphatic heterocycles. The molecular formula is C27H29FN2O6. The standard InChI is InChI=1S/C27H29FN2O6/c1-25(2,3)36-24(34)29-13-26(14-29)15-30(16-27(26,28)22(31)32)23(33)35-12-21-19-10-6-4-8-17(19)18-9-5-7-11-20(18)21/h4-11,21H,12-16H2,1-3H3,(H,31,32). The van der Waals surface area contributed by atoms with E-state index in [4.69, 9.17) is 9.47 Å². The molecular weight excluding hydrogens is 467 g/mol. The highest BCUT2D eigenvalue weighted by molar-refractivity contribution is 5.83. The summed E-state index contributed by atoms with van der Waals surface area (Å²) in [5.74, 6) is -1.82. The molecule has 2 heterocycles. The largest absolute Gasteiger partial charge is 0.479 e. The van der Waals surface area contributed by atoms with Crippen molar-refractivity contribution in [1.29, 1.82) is 0 Å². The molecule has 2 amide bonds. The summed E-state index contributed by atoms with van der Waals surface area (Å²) in [5, 5.41) is 9.72. The molecule has 2 fully saturated rings. The van der Waals surface area contributed by atoms with E-state index in [0.29, 0.717) is 0 Å². The van der Waals surface area contributed by atoms with Crippen LogP contribution in [0.25, 0.3) is 11.1 Å². The van der Waals surface area contributed by atoms with Gasteiger partial charge in [-0.1, -0.05) is 48.5 Å². The summed E-state index contributed by atoms with van der Waals surface area (Å²) in [6.07, 6.45) is -1.41. The first kappa shape index (κ1) is 24.1. The van der Waals surface area contributed by atoms with Crippen LogP contribution in [-0.4, -0.2) is 77.1 Å². The van der Waals surface area contributed by atoms with Crippen molar-refractivity contribution in [2.45, 2.75) is 38.0 Å². The number of benzene rings is 2. The molecule has 1 unspecified atom stereocenters. The lowest BCUT2D eigenvalue weighted by Crippen LogP contribution is -2.69. The number of aliphatic carboxylic acids is 1. The average Bonchev–Trinajstić information content (AvgIpc) is 3.29. The Morgan fingerprint density at radius 3 is 1.92 bits per heavy atom. The molecule has 1 atom stereocenters. The van der Waals surface area contributed by atoms with E-state index in [0.717, 1.165) is 27.2 Å². The Morgan fingerprint density at radius 1 is 0.917 bits per heavy atom. The van der Waals surface area contributed by atoms with Gasteiger partial charge in [0, 0.05) is 25.6 Å². The lowest BCUT2D eigenvalue weighted by Gasteiger charge is -2.50. The van der Waals surface area contributed by atoms with Gasteiger partial charge < -0.3 is 24.4 Å². The summed E-state index contributed by atoms with van der Waals surface area (Å²) in [7, 11) is 0. The predicted molar refractivity (Wildman–Crippen MR) is 128 cm³/mol. The van der Waals surface area contributed by atoms with Gasteiger partial charge in [0.15, 0.2) is 0 Å². The number of carboxylic acid groups (broad SMARTS) is 1. The summed E-state index contributed by atoms with van der Waals surface area (Å²) < 4.78 is 26.8. The first-order valence-electron chi connectivity index (χ1n) is 11.9. The maximum absolute atomic E-state index is 15.8. The third-order valence-electron chi connectivity index (χ3n) is 7.31. The van der Waals surface area contributed by atoms with E-state index in [1.165, 1.54) is 4.90 Å². The number of ether oxygens (including phenoxy) is 2. The number of rotatable bonds is 3. The SMILES string of the molecule is CC(C)(C)OC(=O)N1CC2(CN(C(=O)OCC3c4ccccc4-c4ccccc43)CC2(F)C(=O)O)C1. The fourth-order valence-corrected chi connectivity index (χ4v) is 5.58. The lowest BCUT2D eigenvalue weighted by molar-refractivity contribution is -0.167. The van der Waals surface area contributed by atoms with Gasteiger partial charge in [-0.25, -0.2) is 18.8 Å². The van der Waals surface area contributed by atoms with E-state index >= 15 is 4.39 Å². The quantitative estimate of drug-likeness (QED) is 0.682. The number of hydrogen-bond acceptors (Lipinski definition) is 5. The number of amides is 2. The highest BCUT2D eigenvalue weighted by atomic mass is 19.1. The van der Waals surface area contributed by atoms with E-state index in [-0.39, 0.29) is 32.2 Å². The topological polar surface area (TPSA) is 96.4 Å². The van der Waals surface area contributed by atoms with Crippen LogP contribution in [0.2, 0.25) is 0 Å². The molecule has 5 rings (SSSR count). The summed E-state index contributed by atoms with van der Waals surface area (Å²) in [4.78, 5) is 39.7. The van der Waals surface area contributed by atoms with E-state index in [1.807, 2.05) is 48.5 Å². The van der Waals surface area contributed by atoms with Crippen LogP contribution < -0.4 is 0 Å². The van der Waals surface area contributed by atoms with E-state index in [9.17, 15) is 19.5 Å². The third-order valence-corrected chi connectivity index (χ3v) is 7.31. The second-order valence-corrected chi connectivity index (χ2v) is 10.9. The van der Waals surface area contributed by atoms with Gasteiger partial charge in [-0.2, -0.15) is 0 Å². The van der Waals surface area contributed by atoms with Crippen molar-refractivity contribution in [1.82, 2.24) is 9.80 Å². The van der Waals surface area contributed by atoms with Gasteiger partial charge in [-0.15, -0.1) is 0 Å². The van der Waals surface area contributed by atoms with Crippen LogP contribution in [-0.2, 0) is 14.3 Å². The minimum Gasteiger partial charge on any atom is -0.479 e. The van der Waals surface area contributed by atoms with Gasteiger partial charge in [-0.3, -0.25) is 0 Å². The molecule has 2 aromatic rings. The van der Waals surface area contributed by atoms with Crippen LogP contribution in [0.4, 0.5) is 14.0 Å². The van der Waals surface area contributed by atoms with Crippen molar-refractivity contribution in [3.8, 4) is 11.1 Å². The Kier molecular flexibility index (Phi) is 5.50. The fraction of sp³-hybridized carbons (Fsp3) is 0.444. The number of halogens is 1. The smallest absolute Gasteiger partial charge is 0.410 e. The number of fused-ring (bicyclic) bond motifs is 3. The second kappa shape index (κ2) is 8.21. The Morgan fingerprint density at radius 2 is 1.42 bits per heavy atom. The van der Waals surface area contributed by atoms with Crippen LogP contribution >= 0.6 is 0 Å². The minimum absolute atomic E-state index is 0.0484. The molecule has 190 valence electrons. The van der Waals surface area contributed by atoms with Crippen LogP contribution in [0, 0.1) is 5.41 Å². The second-order valence-electron chi connectivity index (χ2n) is 10.9. The zero-order valence-corrected chi connectivity index (χ0v) is 20.5. The summed E-state index contributed by atoms with van der Waals surface area (Å²) in [6.45, 7) is 4.08. The van der Waals surface area contributed by atoms with Gasteiger partial charge in [-0.05, 0) is 43.0 Å². The highest BCUT2D eigenvalue weighted by Crippen LogP contribution is 2.50. The Labute approximate surface area is 208 Å². The van der Waals surface area contributed by atoms with Crippen molar-refractivity contribution >= 4 is 18.2 Å². The van der Waals surface area contributed by atoms with Gasteiger partial charge >= 0.3 is 18.2 Å². The molecule has 0 radical (unpaired) electrons. The van der Waals surface area contributed by atoms with Gasteiger partial charge in [0.2, 0.25) is 5.67 Å². The van der Waals surface area contributed by atoms with E-state index < -0.39 is 41.4 Å². The third kappa shape index (κ3) is 3.77. The first-order valence-corrected chi connectivity index (χ1v) is 11.9. The number of carboxylic acids is 1. The van der Waals surface area contributed by atoms with E-state index in [1.54, 1.807) is 20.8 Å². The molecule has 1 aliphatic carbocycles. The number of carbonyl (C=O) groups is 3. The Hall–Kier alpha value is -3.62. The molecule has 0 bridgehead atoms. The summed E-state index contributed by atoms with van der Waals surface area (Å²) >= 11 is 0. The maximum Gasteiger partial charge on any atom is 0.410 e. The average molecular weight is 497 g/mol. The number of hydrogen-bond donors (Lipinski definition) is 1. The van der Waals surface area contributed by atoms with Crippen LogP contribution in [0.15, 0.2) is 48.5 Å². The molecule has 8 nitrogen and oxygen atoms in total. The van der Waals surface area contributed by atoms with Gasteiger partial charge in [0.25, 0.3) is 0 Å². The van der Waals surface area contributed by atoms with Crippen LogP contribution in [0.5, 0.6) is 0 Å². The highest BCUT2D eigenvalue weighted by Gasteiger charge is 2.70. The molecule has 1 N–H and O–H groups in total. The van der Waals surface area contributed by atoms with Crippen molar-refractivity contribution in [2.24, 2.45) is 5.41 Å². The normalized spacial score (nSPS) is 22.1. The molecule has 3 aliphatic rings. The zero-order chi connectivity index (χ0) is 25.9. The Bertz CT molecular complexity index is 1190. The molecule has 36 heavy (non-hydrogen) atoms. The van der Waals surface area contributed by atoms with Crippen LogP contribution in [0.1, 0.15) is 37.8 Å². The van der Waals surface area contributed by atoms with E-state index in [2.05, 4.69) is 0 Å². The number of nitrogens with zero attached hydrogens (tertiary/aromatic N) is 2. The molecule has 1 spiro atoms. The van der Waals surface area contributed by atoms with Crippen molar-refractivity contribution in [2.75, 3.05) is 32.8 Å². The number of likely N-dealkylation sites (tertiary alicyclic amines) is 2. The molecule has 9 heteroatoms. The maximum atomic E-state index is 15.8. The summed E-state index contributed by atoms with van der Waals surface area (Å²) in [6, 6.07) is 15.8. The number of carbonyl (C=O) groups excluding carboxylic acids is 2. The zero-order valence-electron chi connectivity index (χ0n) is 20.5. The van der Waals surface area contributed by atoms with Crippen molar-refractivity contribution in [3.05, 3.63) is 59.7 Å². The fourth-order valence-electron chi connectivity index (χ4n) is 5.58. The molecule has 2 aromatic carbocycles. The minimum atomic E-state index is -2.70.